The number of rotatable bonds is 3. The molecule has 0 radical (unpaired) electrons. The molecule has 21 heavy (non-hydrogen) atoms. The lowest BCUT2D eigenvalue weighted by Gasteiger charge is -2.03. The van der Waals surface area contributed by atoms with Crippen molar-refractivity contribution in [3.8, 4) is 17.0 Å². The van der Waals surface area contributed by atoms with Crippen molar-refractivity contribution in [1.29, 1.82) is 0 Å². The molecule has 1 N–H and O–H groups in total. The fraction of sp³-hybridized carbons (Fsp3) is 0.143. The van der Waals surface area contributed by atoms with Gasteiger partial charge in [0.1, 0.15) is 5.69 Å². The van der Waals surface area contributed by atoms with Crippen molar-refractivity contribution in [3.05, 3.63) is 42.1 Å². The highest BCUT2D eigenvalue weighted by Gasteiger charge is 2.15. The zero-order valence-corrected chi connectivity index (χ0v) is 11.4. The number of methoxy groups -OCH3 is 1. The van der Waals surface area contributed by atoms with Gasteiger partial charge >= 0.3 is 5.97 Å². The van der Waals surface area contributed by atoms with Crippen molar-refractivity contribution in [1.82, 2.24) is 14.0 Å². The van der Waals surface area contributed by atoms with Crippen molar-refractivity contribution in [3.63, 3.8) is 0 Å². The van der Waals surface area contributed by atoms with Gasteiger partial charge in [0.2, 0.25) is 5.78 Å². The highest BCUT2D eigenvalue weighted by atomic mass is 19.1. The van der Waals surface area contributed by atoms with Crippen LogP contribution in [0.2, 0.25) is 0 Å². The van der Waals surface area contributed by atoms with E-state index in [2.05, 4.69) is 4.98 Å². The smallest absolute Gasteiger partial charge is 0.354 e. The average Bonchev–Trinajstić information content (AvgIpc) is 2.99. The summed E-state index contributed by atoms with van der Waals surface area (Å²) in [6, 6.07) is 4.55. The minimum atomic E-state index is -1.03. The van der Waals surface area contributed by atoms with Gasteiger partial charge in [-0.1, -0.05) is 0 Å². The molecule has 0 unspecified atom stereocenters. The Morgan fingerprint density at radius 1 is 1.38 bits per heavy atom. The Kier molecular flexibility index (Phi) is 2.90. The van der Waals surface area contributed by atoms with E-state index < -0.39 is 11.8 Å². The summed E-state index contributed by atoms with van der Waals surface area (Å²) >= 11 is 0. The number of benzene rings is 1. The van der Waals surface area contributed by atoms with Gasteiger partial charge < -0.3 is 14.4 Å². The number of aromatic carboxylic acids is 1. The molecule has 0 fully saturated rings. The van der Waals surface area contributed by atoms with Crippen molar-refractivity contribution in [2.45, 2.75) is 0 Å². The second-order valence-electron chi connectivity index (χ2n) is 4.56. The number of halogens is 1. The third-order valence-electron chi connectivity index (χ3n) is 3.30. The second kappa shape index (κ2) is 4.62. The zero-order valence-electron chi connectivity index (χ0n) is 11.4. The van der Waals surface area contributed by atoms with Gasteiger partial charge in [-0.15, -0.1) is 0 Å². The molecular formula is C14H12FN3O3. The Hall–Kier alpha value is -2.83. The lowest BCUT2D eigenvalue weighted by Crippen LogP contribution is -2.04. The van der Waals surface area contributed by atoms with Gasteiger partial charge in [-0.25, -0.2) is 14.2 Å². The lowest BCUT2D eigenvalue weighted by molar-refractivity contribution is 0.0686. The van der Waals surface area contributed by atoms with Crippen LogP contribution in [0.25, 0.3) is 17.0 Å². The highest BCUT2D eigenvalue weighted by molar-refractivity contribution is 5.86. The predicted octanol–water partition coefficient (Wildman–Crippen LogP) is 2.19. The molecule has 0 aliphatic rings. The number of nitrogens with zero attached hydrogens (tertiary/aromatic N) is 3. The Labute approximate surface area is 119 Å². The standard InChI is InChI=1S/C14H12FN3O3/c1-17-11(13(19)20)7-18-6-10(16-14(17)18)8-3-4-12(21-2)9(15)5-8/h3-7H,1-2H3,(H,19,20). The molecule has 1 aromatic carbocycles. The topological polar surface area (TPSA) is 68.8 Å². The molecule has 108 valence electrons. The first-order chi connectivity index (χ1) is 10.0. The summed E-state index contributed by atoms with van der Waals surface area (Å²) in [5, 5.41) is 9.04. The molecule has 0 bridgehead atoms. The van der Waals surface area contributed by atoms with Crippen LogP contribution in [0.3, 0.4) is 0 Å². The van der Waals surface area contributed by atoms with Gasteiger partial charge in [0, 0.05) is 25.0 Å². The predicted molar refractivity (Wildman–Crippen MR) is 73.1 cm³/mol. The number of carbonyl (C=O) groups is 1. The molecule has 0 spiro atoms. The van der Waals surface area contributed by atoms with Crippen LogP contribution in [0, 0.1) is 5.82 Å². The Morgan fingerprint density at radius 3 is 2.71 bits per heavy atom. The van der Waals surface area contributed by atoms with Gasteiger partial charge in [-0.2, -0.15) is 0 Å². The fourth-order valence-corrected chi connectivity index (χ4v) is 2.22. The normalized spacial score (nSPS) is 11.0. The van der Waals surface area contributed by atoms with Crippen molar-refractivity contribution >= 4 is 11.7 Å². The summed E-state index contributed by atoms with van der Waals surface area (Å²) in [5.74, 6) is -0.868. The van der Waals surface area contributed by atoms with E-state index in [1.807, 2.05) is 0 Å². The molecule has 6 nitrogen and oxygen atoms in total. The number of fused-ring (bicyclic) bond motifs is 1. The van der Waals surface area contributed by atoms with Gasteiger partial charge in [-0.3, -0.25) is 4.40 Å². The minimum absolute atomic E-state index is 0.130. The van der Waals surface area contributed by atoms with Crippen LogP contribution < -0.4 is 4.74 Å². The van der Waals surface area contributed by atoms with Crippen LogP contribution in [0.5, 0.6) is 5.75 Å². The number of aromatic nitrogens is 3. The zero-order chi connectivity index (χ0) is 15.1. The van der Waals surface area contributed by atoms with E-state index in [0.29, 0.717) is 17.0 Å². The largest absolute Gasteiger partial charge is 0.494 e. The van der Waals surface area contributed by atoms with Crippen LogP contribution in [0.15, 0.2) is 30.6 Å². The van der Waals surface area contributed by atoms with E-state index in [1.165, 1.54) is 30.0 Å². The molecule has 0 amide bonds. The maximum Gasteiger partial charge on any atom is 0.354 e. The third-order valence-corrected chi connectivity index (χ3v) is 3.30. The number of imidazole rings is 2. The maximum atomic E-state index is 13.7. The van der Waals surface area contributed by atoms with Gasteiger partial charge in [-0.05, 0) is 18.2 Å². The van der Waals surface area contributed by atoms with E-state index >= 15 is 0 Å². The molecule has 0 saturated carbocycles. The number of hydrogen-bond donors (Lipinski definition) is 1. The average molecular weight is 289 g/mol. The van der Waals surface area contributed by atoms with Crippen molar-refractivity contribution in [2.75, 3.05) is 7.11 Å². The van der Waals surface area contributed by atoms with E-state index in [-0.39, 0.29) is 11.4 Å². The van der Waals surface area contributed by atoms with E-state index in [9.17, 15) is 9.18 Å². The molecular weight excluding hydrogens is 277 g/mol. The summed E-state index contributed by atoms with van der Waals surface area (Å²) in [7, 11) is 3.01. The van der Waals surface area contributed by atoms with E-state index in [0.717, 1.165) is 0 Å². The minimum Gasteiger partial charge on any atom is -0.494 e. The molecule has 0 aliphatic heterocycles. The summed E-state index contributed by atoms with van der Waals surface area (Å²) < 4.78 is 21.7. The van der Waals surface area contributed by atoms with Crippen molar-refractivity contribution < 1.29 is 19.0 Å². The molecule has 0 atom stereocenters. The Balaban J connectivity index is 2.09. The molecule has 3 aromatic rings. The van der Waals surface area contributed by atoms with Gasteiger partial charge in [0.25, 0.3) is 0 Å². The van der Waals surface area contributed by atoms with Crippen LogP contribution >= 0.6 is 0 Å². The molecule has 2 heterocycles. The number of ether oxygens (including phenoxy) is 1. The molecule has 2 aromatic heterocycles. The molecule has 0 aliphatic carbocycles. The Morgan fingerprint density at radius 2 is 2.14 bits per heavy atom. The summed E-state index contributed by atoms with van der Waals surface area (Å²) in [6.07, 6.45) is 3.12. The van der Waals surface area contributed by atoms with Crippen LogP contribution in [-0.2, 0) is 7.05 Å². The van der Waals surface area contributed by atoms with E-state index in [4.69, 9.17) is 9.84 Å². The maximum absolute atomic E-state index is 13.7. The van der Waals surface area contributed by atoms with E-state index in [1.54, 1.807) is 23.7 Å². The lowest BCUT2D eigenvalue weighted by atomic mass is 10.1. The quantitative estimate of drug-likeness (QED) is 0.802. The van der Waals surface area contributed by atoms with Gasteiger partial charge in [0.05, 0.1) is 12.8 Å². The van der Waals surface area contributed by atoms with Crippen LogP contribution in [0.4, 0.5) is 4.39 Å². The fourth-order valence-electron chi connectivity index (χ4n) is 2.22. The highest BCUT2D eigenvalue weighted by Crippen LogP contribution is 2.25. The molecule has 0 saturated heterocycles. The molecule has 3 rings (SSSR count). The van der Waals surface area contributed by atoms with Gasteiger partial charge in [0.15, 0.2) is 11.6 Å². The first-order valence-electron chi connectivity index (χ1n) is 6.13. The van der Waals surface area contributed by atoms with Crippen LogP contribution in [-0.4, -0.2) is 32.1 Å². The third kappa shape index (κ3) is 2.03. The Bertz CT molecular complexity index is 851. The monoisotopic (exact) mass is 289 g/mol. The summed E-state index contributed by atoms with van der Waals surface area (Å²) in [4.78, 5) is 15.4. The first kappa shape index (κ1) is 13.2. The molecule has 7 heteroatoms. The first-order valence-corrected chi connectivity index (χ1v) is 6.13. The van der Waals surface area contributed by atoms with Crippen LogP contribution in [0.1, 0.15) is 10.5 Å². The summed E-state index contributed by atoms with van der Waals surface area (Å²) in [5.41, 5.74) is 1.28. The SMILES string of the molecule is COc1ccc(-c2cn3cc(C(=O)O)n(C)c3n2)cc1F. The number of aryl methyl sites for hydroxylation is 1. The number of carboxylic acid groups (broad SMARTS) is 1. The van der Waals surface area contributed by atoms with Crippen molar-refractivity contribution in [2.24, 2.45) is 7.05 Å². The number of carboxylic acids is 1. The number of hydrogen-bond acceptors (Lipinski definition) is 3. The second-order valence-corrected chi connectivity index (χ2v) is 4.56. The summed E-state index contributed by atoms with van der Waals surface area (Å²) in [6.45, 7) is 0.